The quantitative estimate of drug-likeness (QED) is 0.719. The molecule has 1 rings (SSSR count). The fourth-order valence-electron chi connectivity index (χ4n) is 1.10. The molecule has 0 unspecified atom stereocenters. The molecule has 2 nitrogen and oxygen atoms in total. The summed E-state index contributed by atoms with van der Waals surface area (Å²) in [5.74, 6) is 2.17. The van der Waals surface area contributed by atoms with Gasteiger partial charge in [0.05, 0.1) is 12.9 Å². The molecule has 1 aliphatic rings. The lowest BCUT2D eigenvalue weighted by Gasteiger charge is -2.18. The van der Waals surface area contributed by atoms with Crippen molar-refractivity contribution in [2.45, 2.75) is 6.92 Å². The van der Waals surface area contributed by atoms with E-state index in [1.54, 1.807) is 0 Å². The highest BCUT2D eigenvalue weighted by Crippen LogP contribution is 2.18. The highest BCUT2D eigenvalue weighted by atomic mass is 32.2. The molecule has 0 saturated carbocycles. The van der Waals surface area contributed by atoms with Crippen molar-refractivity contribution in [3.8, 4) is 0 Å². The predicted octanol–water partition coefficient (Wildman–Crippen LogP) is 2.80. The molecule has 0 radical (unpaired) electrons. The normalized spacial score (nSPS) is 16.4. The van der Waals surface area contributed by atoms with Crippen LogP contribution in [0.2, 0.25) is 0 Å². The molecule has 0 aromatic carbocycles. The molecule has 0 spiro atoms. The van der Waals surface area contributed by atoms with E-state index in [4.69, 9.17) is 0 Å². The van der Waals surface area contributed by atoms with E-state index in [-0.39, 0.29) is 0 Å². The van der Waals surface area contributed by atoms with Crippen molar-refractivity contribution in [1.82, 2.24) is 4.90 Å². The molecular weight excluding hydrogens is 212 g/mol. The summed E-state index contributed by atoms with van der Waals surface area (Å²) in [5, 5.41) is 0. The van der Waals surface area contributed by atoms with Gasteiger partial charge >= 0.3 is 0 Å². The fourth-order valence-corrected chi connectivity index (χ4v) is 2.12. The Morgan fingerprint density at radius 1 is 1.64 bits per heavy atom. The molecule has 0 atom stereocenters. The molecule has 1 heterocycles. The van der Waals surface area contributed by atoms with E-state index in [0.29, 0.717) is 0 Å². The number of hydrogen-bond donors (Lipinski definition) is 0. The summed E-state index contributed by atoms with van der Waals surface area (Å²) in [6, 6.07) is 0. The van der Waals surface area contributed by atoms with Crippen molar-refractivity contribution in [3.63, 3.8) is 0 Å². The summed E-state index contributed by atoms with van der Waals surface area (Å²) in [6.07, 6.45) is 10.2. The minimum Gasteiger partial charge on any atom is -0.334 e. The van der Waals surface area contributed by atoms with Gasteiger partial charge in [-0.2, -0.15) is 11.8 Å². The van der Waals surface area contributed by atoms with Crippen LogP contribution in [0.4, 0.5) is 0 Å². The number of hydrogen-bond acceptors (Lipinski definition) is 4. The maximum atomic E-state index is 4.20. The summed E-state index contributed by atoms with van der Waals surface area (Å²) >= 11 is 3.69. The van der Waals surface area contributed by atoms with Gasteiger partial charge in [-0.15, -0.1) is 11.8 Å². The van der Waals surface area contributed by atoms with Gasteiger partial charge in [0.1, 0.15) is 0 Å². The minimum absolute atomic E-state index is 0.965. The van der Waals surface area contributed by atoms with Crippen LogP contribution in [-0.2, 0) is 0 Å². The maximum Gasteiger partial charge on any atom is 0.0948 e. The second-order valence-corrected chi connectivity index (χ2v) is 5.11. The Morgan fingerprint density at radius 2 is 2.50 bits per heavy atom. The first-order valence-corrected chi connectivity index (χ1v) is 7.01. The van der Waals surface area contributed by atoms with Gasteiger partial charge in [-0.3, -0.25) is 0 Å². The summed E-state index contributed by atoms with van der Waals surface area (Å²) in [5.41, 5.74) is 0. The molecule has 0 bridgehead atoms. The first kappa shape index (κ1) is 11.7. The fraction of sp³-hybridized carbons (Fsp3) is 0.500. The topological polar surface area (TPSA) is 15.6 Å². The number of thioether (sulfide) groups is 2. The molecule has 0 aromatic heterocycles. The third kappa shape index (κ3) is 4.24. The smallest absolute Gasteiger partial charge is 0.0948 e. The van der Waals surface area contributed by atoms with Crippen LogP contribution in [0, 0.1) is 0 Å². The van der Waals surface area contributed by atoms with Gasteiger partial charge in [0.15, 0.2) is 0 Å². The van der Waals surface area contributed by atoms with Crippen molar-refractivity contribution in [2.24, 2.45) is 4.99 Å². The largest absolute Gasteiger partial charge is 0.334 e. The van der Waals surface area contributed by atoms with Crippen molar-refractivity contribution in [2.75, 3.05) is 24.3 Å². The zero-order valence-electron chi connectivity index (χ0n) is 8.64. The zero-order chi connectivity index (χ0) is 10.2. The van der Waals surface area contributed by atoms with Gasteiger partial charge in [-0.25, -0.2) is 4.99 Å². The van der Waals surface area contributed by atoms with Crippen molar-refractivity contribution in [3.05, 3.63) is 23.4 Å². The highest BCUT2D eigenvalue weighted by Gasteiger charge is 2.04. The van der Waals surface area contributed by atoms with Crippen LogP contribution in [-0.4, -0.2) is 35.5 Å². The van der Waals surface area contributed by atoms with Gasteiger partial charge in [-0.1, -0.05) is 13.0 Å². The Balaban J connectivity index is 2.38. The SMILES string of the molecule is CCSC1=CN=CN(/C=C\CSC)C1. The lowest BCUT2D eigenvalue weighted by molar-refractivity contribution is 0.626. The van der Waals surface area contributed by atoms with E-state index in [0.717, 1.165) is 18.1 Å². The van der Waals surface area contributed by atoms with Crippen molar-refractivity contribution >= 4 is 29.9 Å². The third-order valence-corrected chi connectivity index (χ3v) is 3.08. The Hall–Kier alpha value is -0.350. The van der Waals surface area contributed by atoms with Gasteiger partial charge in [0, 0.05) is 23.1 Å². The first-order valence-electron chi connectivity index (χ1n) is 4.63. The molecule has 0 saturated heterocycles. The second-order valence-electron chi connectivity index (χ2n) is 2.81. The average molecular weight is 228 g/mol. The monoisotopic (exact) mass is 228 g/mol. The van der Waals surface area contributed by atoms with E-state index >= 15 is 0 Å². The maximum absolute atomic E-state index is 4.20. The van der Waals surface area contributed by atoms with Crippen molar-refractivity contribution in [1.29, 1.82) is 0 Å². The van der Waals surface area contributed by atoms with E-state index in [2.05, 4.69) is 35.3 Å². The van der Waals surface area contributed by atoms with Crippen LogP contribution < -0.4 is 0 Å². The summed E-state index contributed by atoms with van der Waals surface area (Å²) in [7, 11) is 0. The lowest BCUT2D eigenvalue weighted by Crippen LogP contribution is -2.19. The molecular formula is C10H16N2S2. The predicted molar refractivity (Wildman–Crippen MR) is 68.9 cm³/mol. The molecule has 14 heavy (non-hydrogen) atoms. The lowest BCUT2D eigenvalue weighted by atomic mass is 10.5. The molecule has 0 aliphatic carbocycles. The van der Waals surface area contributed by atoms with E-state index < -0.39 is 0 Å². The highest BCUT2D eigenvalue weighted by molar-refractivity contribution is 8.03. The van der Waals surface area contributed by atoms with Gasteiger partial charge < -0.3 is 4.90 Å². The Labute approximate surface area is 94.5 Å². The van der Waals surface area contributed by atoms with Crippen LogP contribution in [0.25, 0.3) is 0 Å². The van der Waals surface area contributed by atoms with Gasteiger partial charge in [0.2, 0.25) is 0 Å². The van der Waals surface area contributed by atoms with Crippen LogP contribution in [0.5, 0.6) is 0 Å². The molecule has 1 aliphatic heterocycles. The van der Waals surface area contributed by atoms with Crippen LogP contribution in [0.15, 0.2) is 28.4 Å². The molecule has 0 amide bonds. The van der Waals surface area contributed by atoms with Gasteiger partial charge in [-0.05, 0) is 12.0 Å². The molecule has 0 N–H and O–H groups in total. The van der Waals surface area contributed by atoms with Gasteiger partial charge in [0.25, 0.3) is 0 Å². The van der Waals surface area contributed by atoms with Crippen LogP contribution in [0.3, 0.4) is 0 Å². The zero-order valence-corrected chi connectivity index (χ0v) is 10.3. The number of rotatable bonds is 5. The Bertz CT molecular complexity index is 247. The Morgan fingerprint density at radius 3 is 3.21 bits per heavy atom. The molecule has 0 fully saturated rings. The summed E-state index contributed by atoms with van der Waals surface area (Å²) in [6.45, 7) is 3.13. The number of nitrogens with zero attached hydrogens (tertiary/aromatic N) is 2. The third-order valence-electron chi connectivity index (χ3n) is 1.66. The van der Waals surface area contributed by atoms with E-state index in [9.17, 15) is 0 Å². The van der Waals surface area contributed by atoms with Crippen LogP contribution >= 0.6 is 23.5 Å². The summed E-state index contributed by atoms with van der Waals surface area (Å²) in [4.78, 5) is 7.65. The summed E-state index contributed by atoms with van der Waals surface area (Å²) < 4.78 is 0. The molecule has 0 aromatic rings. The molecule has 78 valence electrons. The van der Waals surface area contributed by atoms with Crippen molar-refractivity contribution < 1.29 is 0 Å². The standard InChI is InChI=1S/C10H16N2S2/c1-3-14-10-7-11-9-12(8-10)5-4-6-13-2/h4-5,7,9H,3,6,8H2,1-2H3/b5-4-. The number of aliphatic imine (C=N–C) groups is 1. The molecule has 4 heteroatoms. The van der Waals surface area contributed by atoms with E-state index in [1.807, 2.05) is 36.1 Å². The van der Waals surface area contributed by atoms with Crippen LogP contribution in [0.1, 0.15) is 6.92 Å². The first-order chi connectivity index (χ1) is 6.86. The average Bonchev–Trinajstić information content (AvgIpc) is 2.19. The minimum atomic E-state index is 0.965. The second kappa shape index (κ2) is 7.01. The Kier molecular flexibility index (Phi) is 5.87. The van der Waals surface area contributed by atoms with E-state index in [1.165, 1.54) is 4.91 Å².